The third-order valence-corrected chi connectivity index (χ3v) is 5.59. The Kier molecular flexibility index (Phi) is 5.56. The van der Waals surface area contributed by atoms with E-state index in [9.17, 15) is 9.59 Å². The number of aromatic nitrogens is 2. The van der Waals surface area contributed by atoms with Gasteiger partial charge in [-0.05, 0) is 42.5 Å². The molecule has 0 bridgehead atoms. The highest BCUT2D eigenvalue weighted by Crippen LogP contribution is 2.31. The van der Waals surface area contributed by atoms with Gasteiger partial charge in [0.05, 0.1) is 6.42 Å². The Morgan fingerprint density at radius 1 is 1.10 bits per heavy atom. The quantitative estimate of drug-likeness (QED) is 0.703. The van der Waals surface area contributed by atoms with Gasteiger partial charge in [0.25, 0.3) is 0 Å². The van der Waals surface area contributed by atoms with Crippen molar-refractivity contribution < 1.29 is 9.59 Å². The van der Waals surface area contributed by atoms with Crippen LogP contribution in [0.25, 0.3) is 0 Å². The average molecular weight is 387 g/mol. The molecule has 0 radical (unpaired) electrons. The first-order chi connectivity index (χ1) is 14.1. The number of nitrogens with one attached hydrogen (secondary N) is 1. The van der Waals surface area contributed by atoms with Crippen LogP contribution < -0.4 is 5.32 Å². The number of amides is 1. The molecule has 3 aromatic rings. The van der Waals surface area contributed by atoms with Crippen molar-refractivity contribution in [1.82, 2.24) is 14.9 Å². The first-order valence-electron chi connectivity index (χ1n) is 10.1. The lowest BCUT2D eigenvalue weighted by molar-refractivity contribution is -0.120. The van der Waals surface area contributed by atoms with Crippen LogP contribution in [0.5, 0.6) is 0 Å². The highest BCUT2D eigenvalue weighted by atomic mass is 16.1. The fourth-order valence-corrected chi connectivity index (χ4v) is 4.11. The lowest BCUT2D eigenvalue weighted by Crippen LogP contribution is -2.25. The largest absolute Gasteiger partial charge is 0.352 e. The Hall–Kier alpha value is -3.21. The van der Waals surface area contributed by atoms with Crippen LogP contribution in [0.3, 0.4) is 0 Å². The molecule has 0 unspecified atom stereocenters. The van der Waals surface area contributed by atoms with Gasteiger partial charge in [-0.2, -0.15) is 0 Å². The van der Waals surface area contributed by atoms with Gasteiger partial charge in [0.2, 0.25) is 5.91 Å². The molecule has 0 saturated carbocycles. The number of benzene rings is 1. The fourth-order valence-electron chi connectivity index (χ4n) is 4.11. The Morgan fingerprint density at radius 2 is 1.90 bits per heavy atom. The van der Waals surface area contributed by atoms with Crippen LogP contribution in [0.15, 0.2) is 54.9 Å². The van der Waals surface area contributed by atoms with E-state index in [1.807, 2.05) is 37.3 Å². The third kappa shape index (κ3) is 4.14. The van der Waals surface area contributed by atoms with Crippen molar-refractivity contribution in [2.24, 2.45) is 0 Å². The minimum atomic E-state index is -0.0741. The van der Waals surface area contributed by atoms with E-state index in [1.54, 1.807) is 12.4 Å². The maximum atomic E-state index is 12.7. The monoisotopic (exact) mass is 387 g/mol. The molecule has 2 aromatic heterocycles. The smallest absolute Gasteiger partial charge is 0.224 e. The third-order valence-electron chi connectivity index (χ3n) is 5.59. The van der Waals surface area contributed by atoms with Crippen LogP contribution in [0, 0.1) is 6.92 Å². The van der Waals surface area contributed by atoms with Crippen LogP contribution in [-0.2, 0) is 30.7 Å². The van der Waals surface area contributed by atoms with Crippen LogP contribution in [0.4, 0.5) is 0 Å². The zero-order valence-electron chi connectivity index (χ0n) is 16.6. The van der Waals surface area contributed by atoms with Crippen molar-refractivity contribution in [3.63, 3.8) is 0 Å². The molecule has 0 saturated heterocycles. The van der Waals surface area contributed by atoms with Gasteiger partial charge in [0.1, 0.15) is 0 Å². The molecule has 148 valence electrons. The summed E-state index contributed by atoms with van der Waals surface area (Å²) in [6.07, 6.45) is 5.99. The molecule has 1 aliphatic carbocycles. The van der Waals surface area contributed by atoms with E-state index in [0.717, 1.165) is 47.5 Å². The summed E-state index contributed by atoms with van der Waals surface area (Å²) < 4.78 is 2.23. The maximum absolute atomic E-state index is 12.7. The van der Waals surface area contributed by atoms with Crippen molar-refractivity contribution >= 4 is 11.7 Å². The number of carbonyl (C=O) groups is 2. The molecule has 1 aromatic carbocycles. The number of ketones is 1. The van der Waals surface area contributed by atoms with E-state index in [1.165, 1.54) is 5.56 Å². The van der Waals surface area contributed by atoms with E-state index in [0.29, 0.717) is 13.0 Å². The highest BCUT2D eigenvalue weighted by molar-refractivity contribution is 6.01. The van der Waals surface area contributed by atoms with Crippen molar-refractivity contribution in [2.75, 3.05) is 0 Å². The van der Waals surface area contributed by atoms with E-state index in [-0.39, 0.29) is 18.1 Å². The molecular weight excluding hydrogens is 362 g/mol. The molecule has 5 nitrogen and oxygen atoms in total. The Balaban J connectivity index is 1.59. The standard InChI is InChI=1S/C24H25N3O2/c1-17-20(13-23(29)26-15-19-9-6-12-25-14-19)24-21(10-5-11-22(24)28)27(17)16-18-7-3-2-4-8-18/h2-4,6-9,12,14H,5,10-11,13,15-16H2,1H3,(H,26,29). The first-order valence-corrected chi connectivity index (χ1v) is 10.1. The van der Waals surface area contributed by atoms with Crippen molar-refractivity contribution in [1.29, 1.82) is 0 Å². The van der Waals surface area contributed by atoms with Gasteiger partial charge in [0, 0.05) is 48.9 Å². The van der Waals surface area contributed by atoms with Crippen molar-refractivity contribution in [3.05, 3.63) is 88.5 Å². The second-order valence-electron chi connectivity index (χ2n) is 7.55. The summed E-state index contributed by atoms with van der Waals surface area (Å²) in [5, 5.41) is 2.96. The minimum absolute atomic E-state index is 0.0741. The second kappa shape index (κ2) is 8.43. The van der Waals surface area contributed by atoms with E-state index in [4.69, 9.17) is 0 Å². The summed E-state index contributed by atoms with van der Waals surface area (Å²) in [5.74, 6) is 0.0891. The predicted molar refractivity (Wildman–Crippen MR) is 112 cm³/mol. The van der Waals surface area contributed by atoms with Gasteiger partial charge in [-0.3, -0.25) is 14.6 Å². The molecule has 5 heteroatoms. The summed E-state index contributed by atoms with van der Waals surface area (Å²) in [6.45, 7) is 3.18. The van der Waals surface area contributed by atoms with E-state index >= 15 is 0 Å². The number of rotatable bonds is 6. The number of nitrogens with zero attached hydrogens (tertiary/aromatic N) is 2. The number of Topliss-reactive ketones (excluding diaryl/α,β-unsaturated/α-hetero) is 1. The van der Waals surface area contributed by atoms with Crippen LogP contribution >= 0.6 is 0 Å². The van der Waals surface area contributed by atoms with Gasteiger partial charge < -0.3 is 9.88 Å². The molecule has 0 fully saturated rings. The molecular formula is C24H25N3O2. The number of fused-ring (bicyclic) bond motifs is 1. The molecule has 0 spiro atoms. The van der Waals surface area contributed by atoms with Crippen molar-refractivity contribution in [2.45, 2.75) is 45.7 Å². The van der Waals surface area contributed by atoms with Crippen LogP contribution in [0.2, 0.25) is 0 Å². The number of pyridine rings is 1. The summed E-state index contributed by atoms with van der Waals surface area (Å²) in [6, 6.07) is 14.0. The molecule has 1 aliphatic rings. The topological polar surface area (TPSA) is 64.0 Å². The van der Waals surface area contributed by atoms with Gasteiger partial charge >= 0.3 is 0 Å². The molecule has 0 atom stereocenters. The second-order valence-corrected chi connectivity index (χ2v) is 7.55. The average Bonchev–Trinajstić information content (AvgIpc) is 3.01. The lowest BCUT2D eigenvalue weighted by atomic mass is 9.92. The normalized spacial score (nSPS) is 13.2. The van der Waals surface area contributed by atoms with Crippen molar-refractivity contribution in [3.8, 4) is 0 Å². The highest BCUT2D eigenvalue weighted by Gasteiger charge is 2.28. The zero-order chi connectivity index (χ0) is 20.2. The zero-order valence-corrected chi connectivity index (χ0v) is 16.6. The first kappa shape index (κ1) is 19.1. The van der Waals surface area contributed by atoms with E-state index < -0.39 is 0 Å². The molecule has 29 heavy (non-hydrogen) atoms. The minimum Gasteiger partial charge on any atom is -0.352 e. The molecule has 1 N–H and O–H groups in total. The molecule has 4 rings (SSSR count). The summed E-state index contributed by atoms with van der Waals surface area (Å²) >= 11 is 0. The summed E-state index contributed by atoms with van der Waals surface area (Å²) in [7, 11) is 0. The number of hydrogen-bond acceptors (Lipinski definition) is 3. The Labute approximate surface area is 170 Å². The van der Waals surface area contributed by atoms with Gasteiger partial charge in [-0.25, -0.2) is 0 Å². The Morgan fingerprint density at radius 3 is 2.66 bits per heavy atom. The van der Waals surface area contributed by atoms with Crippen LogP contribution in [0.1, 0.15) is 51.3 Å². The van der Waals surface area contributed by atoms with Gasteiger partial charge in [0.15, 0.2) is 5.78 Å². The van der Waals surface area contributed by atoms with Crippen LogP contribution in [-0.4, -0.2) is 21.2 Å². The fraction of sp³-hybridized carbons (Fsp3) is 0.292. The maximum Gasteiger partial charge on any atom is 0.224 e. The summed E-state index contributed by atoms with van der Waals surface area (Å²) in [4.78, 5) is 29.5. The van der Waals surface area contributed by atoms with E-state index in [2.05, 4.69) is 27.0 Å². The number of hydrogen-bond donors (Lipinski definition) is 1. The molecule has 2 heterocycles. The lowest BCUT2D eigenvalue weighted by Gasteiger charge is -2.16. The molecule has 0 aliphatic heterocycles. The molecule has 1 amide bonds. The SMILES string of the molecule is Cc1c(CC(=O)NCc2cccnc2)c2c(n1Cc1ccccc1)CCCC2=O. The predicted octanol–water partition coefficient (Wildman–Crippen LogP) is 3.62. The summed E-state index contributed by atoms with van der Waals surface area (Å²) in [5.41, 5.74) is 5.91. The number of carbonyl (C=O) groups excluding carboxylic acids is 2. The van der Waals surface area contributed by atoms with Gasteiger partial charge in [-0.1, -0.05) is 36.4 Å². The van der Waals surface area contributed by atoms with Gasteiger partial charge in [-0.15, -0.1) is 0 Å². The Bertz CT molecular complexity index is 1020.